The molecule has 3 rings (SSSR count). The lowest BCUT2D eigenvalue weighted by Crippen LogP contribution is -2.15. The summed E-state index contributed by atoms with van der Waals surface area (Å²) in [4.78, 5) is 20.9. The van der Waals surface area contributed by atoms with Gasteiger partial charge in [0.1, 0.15) is 29.3 Å². The summed E-state index contributed by atoms with van der Waals surface area (Å²) < 4.78 is 10.7. The molecule has 0 aliphatic heterocycles. The second kappa shape index (κ2) is 8.85. The number of hydrogen-bond acceptors (Lipinski definition) is 6. The summed E-state index contributed by atoms with van der Waals surface area (Å²) in [5, 5.41) is 5.99. The SMILES string of the molecule is CCOc1ccc(Nc2cc(C(=O)Nc3cc(C)ccc3OC)ncn2)cc1. The smallest absolute Gasteiger partial charge is 0.274 e. The fourth-order valence-electron chi connectivity index (χ4n) is 2.60. The van der Waals surface area contributed by atoms with Crippen molar-refractivity contribution < 1.29 is 14.3 Å². The lowest BCUT2D eigenvalue weighted by Gasteiger charge is -2.11. The minimum Gasteiger partial charge on any atom is -0.495 e. The van der Waals surface area contributed by atoms with Crippen LogP contribution in [0.3, 0.4) is 0 Å². The van der Waals surface area contributed by atoms with Crippen LogP contribution in [0, 0.1) is 6.92 Å². The van der Waals surface area contributed by atoms with E-state index in [-0.39, 0.29) is 11.6 Å². The number of amides is 1. The topological polar surface area (TPSA) is 85.4 Å². The molecule has 0 aliphatic rings. The maximum atomic E-state index is 12.6. The van der Waals surface area contributed by atoms with Crippen molar-refractivity contribution in [3.8, 4) is 11.5 Å². The number of rotatable bonds is 7. The lowest BCUT2D eigenvalue weighted by molar-refractivity contribution is 0.102. The molecule has 0 atom stereocenters. The number of methoxy groups -OCH3 is 1. The molecule has 0 bridgehead atoms. The van der Waals surface area contributed by atoms with Crippen molar-refractivity contribution in [2.24, 2.45) is 0 Å². The molecule has 0 unspecified atom stereocenters. The predicted molar refractivity (Wildman–Crippen MR) is 109 cm³/mol. The van der Waals surface area contributed by atoms with Crippen molar-refractivity contribution in [1.29, 1.82) is 0 Å². The number of aromatic nitrogens is 2. The number of benzene rings is 2. The highest BCUT2D eigenvalue weighted by Gasteiger charge is 2.12. The maximum absolute atomic E-state index is 12.6. The first kappa shape index (κ1) is 19.2. The monoisotopic (exact) mass is 378 g/mol. The van der Waals surface area contributed by atoms with Crippen molar-refractivity contribution in [3.63, 3.8) is 0 Å². The van der Waals surface area contributed by atoms with Gasteiger partial charge < -0.3 is 20.1 Å². The molecule has 1 heterocycles. The van der Waals surface area contributed by atoms with Gasteiger partial charge >= 0.3 is 0 Å². The first-order valence-electron chi connectivity index (χ1n) is 8.87. The summed E-state index contributed by atoms with van der Waals surface area (Å²) in [6.07, 6.45) is 1.35. The first-order chi connectivity index (χ1) is 13.6. The quantitative estimate of drug-likeness (QED) is 0.641. The van der Waals surface area contributed by atoms with Crippen LogP contribution < -0.4 is 20.1 Å². The Kier molecular flexibility index (Phi) is 6.06. The zero-order valence-corrected chi connectivity index (χ0v) is 16.0. The van der Waals surface area contributed by atoms with E-state index in [2.05, 4.69) is 20.6 Å². The molecule has 144 valence electrons. The third kappa shape index (κ3) is 4.76. The van der Waals surface area contributed by atoms with E-state index in [4.69, 9.17) is 9.47 Å². The van der Waals surface area contributed by atoms with E-state index < -0.39 is 0 Å². The van der Waals surface area contributed by atoms with Gasteiger partial charge in [0.05, 0.1) is 19.4 Å². The van der Waals surface area contributed by atoms with Crippen LogP contribution in [0.4, 0.5) is 17.2 Å². The molecule has 7 heteroatoms. The van der Waals surface area contributed by atoms with Crippen molar-refractivity contribution in [2.45, 2.75) is 13.8 Å². The molecule has 2 aromatic carbocycles. The normalized spacial score (nSPS) is 10.2. The molecular formula is C21H22N4O3. The average molecular weight is 378 g/mol. The number of ether oxygens (including phenoxy) is 2. The predicted octanol–water partition coefficient (Wildman–Crippen LogP) is 4.19. The highest BCUT2D eigenvalue weighted by Crippen LogP contribution is 2.26. The van der Waals surface area contributed by atoms with Gasteiger partial charge in [-0.15, -0.1) is 0 Å². The van der Waals surface area contributed by atoms with E-state index in [1.165, 1.54) is 6.33 Å². The minimum atomic E-state index is -0.346. The number of aryl methyl sites for hydroxylation is 1. The molecule has 3 aromatic rings. The third-order valence-corrected chi connectivity index (χ3v) is 3.94. The molecule has 1 amide bonds. The number of carbonyl (C=O) groups is 1. The van der Waals surface area contributed by atoms with E-state index in [0.29, 0.717) is 23.9 Å². The summed E-state index contributed by atoms with van der Waals surface area (Å²) in [5.74, 6) is 1.55. The molecule has 0 aliphatic carbocycles. The summed E-state index contributed by atoms with van der Waals surface area (Å²) in [7, 11) is 1.56. The second-order valence-electron chi connectivity index (χ2n) is 6.03. The van der Waals surface area contributed by atoms with Crippen LogP contribution in [0.5, 0.6) is 11.5 Å². The van der Waals surface area contributed by atoms with Gasteiger partial charge in [0.25, 0.3) is 5.91 Å². The zero-order chi connectivity index (χ0) is 19.9. The number of hydrogen-bond donors (Lipinski definition) is 2. The van der Waals surface area contributed by atoms with Crippen LogP contribution in [0.15, 0.2) is 54.9 Å². The Hall–Kier alpha value is -3.61. The van der Waals surface area contributed by atoms with Crippen LogP contribution in [-0.4, -0.2) is 29.6 Å². The van der Waals surface area contributed by atoms with E-state index in [9.17, 15) is 4.79 Å². The summed E-state index contributed by atoms with van der Waals surface area (Å²) >= 11 is 0. The molecule has 0 fully saturated rings. The van der Waals surface area contributed by atoms with E-state index in [1.54, 1.807) is 13.2 Å². The molecular weight excluding hydrogens is 356 g/mol. The summed E-state index contributed by atoms with van der Waals surface area (Å²) in [6, 6.07) is 14.6. The lowest BCUT2D eigenvalue weighted by atomic mass is 10.2. The molecule has 1 aromatic heterocycles. The largest absolute Gasteiger partial charge is 0.495 e. The van der Waals surface area contributed by atoms with Crippen molar-refractivity contribution in [2.75, 3.05) is 24.4 Å². The fraction of sp³-hybridized carbons (Fsp3) is 0.190. The Morgan fingerprint density at radius 2 is 1.86 bits per heavy atom. The van der Waals surface area contributed by atoms with Crippen molar-refractivity contribution in [1.82, 2.24) is 9.97 Å². The van der Waals surface area contributed by atoms with Crippen molar-refractivity contribution >= 4 is 23.1 Å². The Balaban J connectivity index is 1.73. The van der Waals surface area contributed by atoms with Gasteiger partial charge in [0.15, 0.2) is 0 Å². The summed E-state index contributed by atoms with van der Waals surface area (Å²) in [6.45, 7) is 4.49. The molecule has 7 nitrogen and oxygen atoms in total. The van der Waals surface area contributed by atoms with Crippen molar-refractivity contribution in [3.05, 3.63) is 66.1 Å². The third-order valence-electron chi connectivity index (χ3n) is 3.94. The van der Waals surface area contributed by atoms with E-state index >= 15 is 0 Å². The average Bonchev–Trinajstić information content (AvgIpc) is 2.70. The Bertz CT molecular complexity index is 958. The molecule has 0 saturated carbocycles. The Labute approximate surface area is 163 Å². The van der Waals surface area contributed by atoms with Gasteiger partial charge in [0, 0.05) is 11.8 Å². The second-order valence-corrected chi connectivity index (χ2v) is 6.03. The standard InChI is InChI=1S/C21H22N4O3/c1-4-28-16-8-6-15(7-9-16)24-20-12-18(22-13-23-20)21(26)25-17-11-14(2)5-10-19(17)27-3/h5-13H,4H2,1-3H3,(H,25,26)(H,22,23,24). The van der Waals surface area contributed by atoms with Gasteiger partial charge in [0.2, 0.25) is 0 Å². The summed E-state index contributed by atoms with van der Waals surface area (Å²) in [5.41, 5.74) is 2.67. The number of nitrogens with one attached hydrogen (secondary N) is 2. The Morgan fingerprint density at radius 1 is 1.07 bits per heavy atom. The molecule has 0 saturated heterocycles. The number of anilines is 3. The van der Waals surface area contributed by atoms with Crippen LogP contribution in [0.2, 0.25) is 0 Å². The molecule has 28 heavy (non-hydrogen) atoms. The highest BCUT2D eigenvalue weighted by atomic mass is 16.5. The van der Waals surface area contributed by atoms with Crippen LogP contribution >= 0.6 is 0 Å². The fourth-order valence-corrected chi connectivity index (χ4v) is 2.60. The zero-order valence-electron chi connectivity index (χ0n) is 16.0. The van der Waals surface area contributed by atoms with Gasteiger partial charge in [-0.1, -0.05) is 6.07 Å². The van der Waals surface area contributed by atoms with E-state index in [1.807, 2.05) is 56.3 Å². The maximum Gasteiger partial charge on any atom is 0.274 e. The van der Waals surface area contributed by atoms with Crippen LogP contribution in [0.25, 0.3) is 0 Å². The first-order valence-corrected chi connectivity index (χ1v) is 8.87. The van der Waals surface area contributed by atoms with E-state index in [0.717, 1.165) is 17.0 Å². The van der Waals surface area contributed by atoms with Gasteiger partial charge in [-0.2, -0.15) is 0 Å². The number of nitrogens with zero attached hydrogens (tertiary/aromatic N) is 2. The van der Waals surface area contributed by atoms with Crippen LogP contribution in [-0.2, 0) is 0 Å². The van der Waals surface area contributed by atoms with Gasteiger partial charge in [-0.25, -0.2) is 9.97 Å². The number of carbonyl (C=O) groups excluding carboxylic acids is 1. The highest BCUT2D eigenvalue weighted by molar-refractivity contribution is 6.04. The Morgan fingerprint density at radius 3 is 2.57 bits per heavy atom. The minimum absolute atomic E-state index is 0.243. The van der Waals surface area contributed by atoms with Gasteiger partial charge in [-0.05, 0) is 55.8 Å². The van der Waals surface area contributed by atoms with Gasteiger partial charge in [-0.3, -0.25) is 4.79 Å². The molecule has 0 spiro atoms. The molecule has 0 radical (unpaired) electrons. The van der Waals surface area contributed by atoms with Crippen LogP contribution in [0.1, 0.15) is 23.0 Å². The molecule has 2 N–H and O–H groups in total.